The van der Waals surface area contributed by atoms with E-state index in [0.29, 0.717) is 32.7 Å². The summed E-state index contributed by atoms with van der Waals surface area (Å²) < 4.78 is 27.0. The number of nitrogens with one attached hydrogen (secondary N) is 1. The van der Waals surface area contributed by atoms with Crippen molar-refractivity contribution in [3.63, 3.8) is 0 Å². The predicted octanol–water partition coefficient (Wildman–Crippen LogP) is 6.13. The molecule has 0 aliphatic carbocycles. The number of carbonyl (C=O) groups excluding carboxylic acids is 2. The van der Waals surface area contributed by atoms with Gasteiger partial charge in [-0.25, -0.2) is 8.42 Å². The van der Waals surface area contributed by atoms with Crippen molar-refractivity contribution in [3.05, 3.63) is 98.5 Å². The quantitative estimate of drug-likeness (QED) is 0.259. The lowest BCUT2D eigenvalue weighted by Gasteiger charge is -2.34. The summed E-state index contributed by atoms with van der Waals surface area (Å²) in [6.45, 7) is 5.50. The lowest BCUT2D eigenvalue weighted by atomic mass is 10.0. The Balaban J connectivity index is 2.09. The molecule has 41 heavy (non-hydrogen) atoms. The molecular weight excluding hydrogens is 605 g/mol. The predicted molar refractivity (Wildman–Crippen MR) is 167 cm³/mol. The molecule has 0 saturated heterocycles. The van der Waals surface area contributed by atoms with E-state index in [1.807, 2.05) is 44.2 Å². The van der Waals surface area contributed by atoms with Gasteiger partial charge >= 0.3 is 0 Å². The highest BCUT2D eigenvalue weighted by Crippen LogP contribution is 2.29. The molecule has 0 saturated carbocycles. The minimum Gasteiger partial charge on any atom is -0.354 e. The van der Waals surface area contributed by atoms with E-state index >= 15 is 0 Å². The van der Waals surface area contributed by atoms with E-state index in [-0.39, 0.29) is 30.5 Å². The van der Waals surface area contributed by atoms with Crippen molar-refractivity contribution in [3.8, 4) is 0 Å². The topological polar surface area (TPSA) is 86.8 Å². The van der Waals surface area contributed by atoms with Crippen LogP contribution in [-0.2, 0) is 32.6 Å². The van der Waals surface area contributed by atoms with Crippen LogP contribution in [0, 0.1) is 12.8 Å². The molecule has 3 rings (SSSR count). The Kier molecular flexibility index (Phi) is 11.5. The van der Waals surface area contributed by atoms with Gasteiger partial charge in [-0.2, -0.15) is 0 Å². The summed E-state index contributed by atoms with van der Waals surface area (Å²) in [4.78, 5) is 29.2. The molecule has 11 heteroatoms. The van der Waals surface area contributed by atoms with Crippen molar-refractivity contribution in [1.29, 1.82) is 0 Å². The Hall–Kier alpha value is -2.78. The van der Waals surface area contributed by atoms with E-state index in [1.165, 1.54) is 4.90 Å². The molecule has 0 fully saturated rings. The fourth-order valence-corrected chi connectivity index (χ4v) is 5.66. The van der Waals surface area contributed by atoms with Crippen molar-refractivity contribution < 1.29 is 18.0 Å². The first-order valence-corrected chi connectivity index (χ1v) is 16.0. The first-order chi connectivity index (χ1) is 19.3. The summed E-state index contributed by atoms with van der Waals surface area (Å²) in [5.74, 6) is -0.732. The molecule has 2 amide bonds. The highest BCUT2D eigenvalue weighted by molar-refractivity contribution is 7.92. The molecule has 1 atom stereocenters. The summed E-state index contributed by atoms with van der Waals surface area (Å²) in [5.41, 5.74) is 2.27. The van der Waals surface area contributed by atoms with E-state index in [1.54, 1.807) is 43.3 Å². The summed E-state index contributed by atoms with van der Waals surface area (Å²) in [5, 5.41) is 3.96. The maximum absolute atomic E-state index is 14.1. The van der Waals surface area contributed by atoms with Crippen molar-refractivity contribution in [1.82, 2.24) is 10.2 Å². The van der Waals surface area contributed by atoms with Crippen LogP contribution in [0.2, 0.25) is 15.1 Å². The van der Waals surface area contributed by atoms with E-state index in [2.05, 4.69) is 5.32 Å². The van der Waals surface area contributed by atoms with Gasteiger partial charge in [-0.1, -0.05) is 91.1 Å². The number of anilines is 1. The lowest BCUT2D eigenvalue weighted by Crippen LogP contribution is -2.53. The minimum absolute atomic E-state index is 0.00551. The fourth-order valence-electron chi connectivity index (χ4n) is 4.27. The van der Waals surface area contributed by atoms with E-state index < -0.39 is 28.5 Å². The Bertz CT molecular complexity index is 1480. The second-order valence-corrected chi connectivity index (χ2v) is 13.4. The van der Waals surface area contributed by atoms with Crippen LogP contribution in [0.1, 0.15) is 30.5 Å². The van der Waals surface area contributed by atoms with Crippen LogP contribution >= 0.6 is 34.8 Å². The zero-order valence-electron chi connectivity index (χ0n) is 23.4. The molecule has 1 unspecified atom stereocenters. The number of hydrogen-bond acceptors (Lipinski definition) is 4. The molecule has 0 radical (unpaired) electrons. The summed E-state index contributed by atoms with van der Waals surface area (Å²) >= 11 is 18.7. The van der Waals surface area contributed by atoms with Crippen LogP contribution in [0.15, 0.2) is 66.7 Å². The normalized spacial score (nSPS) is 12.2. The molecule has 0 aromatic heterocycles. The molecule has 0 aliphatic heterocycles. The van der Waals surface area contributed by atoms with Gasteiger partial charge in [0.25, 0.3) is 0 Å². The largest absolute Gasteiger partial charge is 0.354 e. The average molecular weight is 639 g/mol. The third-order valence-corrected chi connectivity index (χ3v) is 8.75. The van der Waals surface area contributed by atoms with Crippen LogP contribution < -0.4 is 9.62 Å². The zero-order chi connectivity index (χ0) is 30.3. The number of benzene rings is 3. The second-order valence-electron chi connectivity index (χ2n) is 10.3. The number of rotatable bonds is 12. The monoisotopic (exact) mass is 637 g/mol. The number of halogens is 3. The van der Waals surface area contributed by atoms with Gasteiger partial charge in [-0.05, 0) is 53.8 Å². The van der Waals surface area contributed by atoms with Crippen molar-refractivity contribution in [2.24, 2.45) is 5.92 Å². The Morgan fingerprint density at radius 1 is 0.878 bits per heavy atom. The number of sulfonamides is 1. The van der Waals surface area contributed by atoms with Crippen LogP contribution in [-0.4, -0.2) is 50.5 Å². The van der Waals surface area contributed by atoms with E-state index in [0.717, 1.165) is 16.1 Å². The molecule has 1 N–H and O–H groups in total. The van der Waals surface area contributed by atoms with Crippen LogP contribution in [0.4, 0.5) is 5.69 Å². The van der Waals surface area contributed by atoms with Crippen molar-refractivity contribution in [2.75, 3.05) is 23.7 Å². The van der Waals surface area contributed by atoms with Gasteiger partial charge in [0.2, 0.25) is 21.8 Å². The highest BCUT2D eigenvalue weighted by atomic mass is 35.5. The average Bonchev–Trinajstić information content (AvgIpc) is 2.91. The van der Waals surface area contributed by atoms with Crippen molar-refractivity contribution in [2.45, 2.75) is 39.8 Å². The maximum atomic E-state index is 14.1. The van der Waals surface area contributed by atoms with Gasteiger partial charge in [-0.3, -0.25) is 13.9 Å². The summed E-state index contributed by atoms with van der Waals surface area (Å²) in [7, 11) is -3.91. The second kappa shape index (κ2) is 14.4. The van der Waals surface area contributed by atoms with E-state index in [4.69, 9.17) is 34.8 Å². The summed E-state index contributed by atoms with van der Waals surface area (Å²) in [6.07, 6.45) is 1.24. The molecule has 0 bridgehead atoms. The van der Waals surface area contributed by atoms with E-state index in [9.17, 15) is 18.0 Å². The van der Waals surface area contributed by atoms with Gasteiger partial charge in [0, 0.05) is 24.5 Å². The Morgan fingerprint density at radius 3 is 2.17 bits per heavy atom. The first-order valence-electron chi connectivity index (χ1n) is 13.1. The first kappa shape index (κ1) is 32.7. The van der Waals surface area contributed by atoms with Gasteiger partial charge in [0.15, 0.2) is 0 Å². The fraction of sp³-hybridized carbons (Fsp3) is 0.333. The molecule has 7 nitrogen and oxygen atoms in total. The lowest BCUT2D eigenvalue weighted by molar-refractivity contribution is -0.140. The molecule has 0 heterocycles. The number of hydrogen-bond donors (Lipinski definition) is 1. The molecule has 0 spiro atoms. The van der Waals surface area contributed by atoms with Gasteiger partial charge < -0.3 is 10.2 Å². The Morgan fingerprint density at radius 2 is 1.56 bits per heavy atom. The number of carbonyl (C=O) groups is 2. The molecule has 220 valence electrons. The smallest absolute Gasteiger partial charge is 0.244 e. The number of nitrogens with zero attached hydrogens (tertiary/aromatic N) is 2. The number of amides is 2. The highest BCUT2D eigenvalue weighted by Gasteiger charge is 2.33. The summed E-state index contributed by atoms with van der Waals surface area (Å²) in [6, 6.07) is 18.2. The van der Waals surface area contributed by atoms with Crippen molar-refractivity contribution >= 4 is 62.3 Å². The minimum atomic E-state index is -3.91. The van der Waals surface area contributed by atoms with Gasteiger partial charge in [0.1, 0.15) is 12.6 Å². The van der Waals surface area contributed by atoms with Gasteiger partial charge in [-0.15, -0.1) is 0 Å². The molecule has 0 aliphatic rings. The maximum Gasteiger partial charge on any atom is 0.244 e. The SMILES string of the molecule is Cc1c(Cl)cccc1N(CC(=O)N(Cc1ccc(Cl)c(Cl)c1)C(Cc1ccccc1)C(=O)NCC(C)C)S(C)(=O)=O. The van der Waals surface area contributed by atoms with Crippen LogP contribution in [0.25, 0.3) is 0 Å². The standard InChI is InChI=1S/C30H34Cl3N3O4S/c1-20(2)17-34-30(38)28(16-22-9-6-5-7-10-22)35(18-23-13-14-25(32)26(33)15-23)29(37)19-36(41(4,39)40)27-12-8-11-24(31)21(27)3/h5-15,20,28H,16-19H2,1-4H3,(H,34,38). The van der Waals surface area contributed by atoms with Crippen LogP contribution in [0.5, 0.6) is 0 Å². The molecular formula is C30H34Cl3N3O4S. The van der Waals surface area contributed by atoms with Crippen LogP contribution in [0.3, 0.4) is 0 Å². The van der Waals surface area contributed by atoms with Gasteiger partial charge in [0.05, 0.1) is 22.0 Å². The third-order valence-electron chi connectivity index (χ3n) is 6.48. The zero-order valence-corrected chi connectivity index (χ0v) is 26.5. The Labute approximate surface area is 257 Å². The molecule has 3 aromatic rings. The molecule has 3 aromatic carbocycles. The third kappa shape index (κ3) is 9.10.